The first-order chi connectivity index (χ1) is 18.3. The van der Waals surface area contributed by atoms with Crippen LogP contribution in [0.5, 0.6) is 0 Å². The fraction of sp³-hybridized carbons (Fsp3) is 0.0417. The lowest BCUT2D eigenvalue weighted by molar-refractivity contribution is -0.143. The number of amides is 1. The van der Waals surface area contributed by atoms with Gasteiger partial charge in [-0.3, -0.25) is 14.8 Å². The normalized spacial score (nSPS) is 11.8. The first kappa shape index (κ1) is 23.5. The van der Waals surface area contributed by atoms with Gasteiger partial charge < -0.3 is 5.32 Å². The van der Waals surface area contributed by atoms with E-state index in [-0.39, 0.29) is 22.2 Å². The Kier molecular flexibility index (Phi) is 5.49. The van der Waals surface area contributed by atoms with Gasteiger partial charge in [0.15, 0.2) is 11.5 Å². The molecule has 10 nitrogen and oxygen atoms in total. The summed E-state index contributed by atoms with van der Waals surface area (Å²) in [6.07, 6.45) is 1.82. The van der Waals surface area contributed by atoms with Crippen LogP contribution in [0.2, 0.25) is 5.02 Å². The van der Waals surface area contributed by atoms with Gasteiger partial charge in [0.1, 0.15) is 11.0 Å². The Morgan fingerprint density at radius 1 is 0.921 bits per heavy atom. The molecule has 0 aliphatic rings. The van der Waals surface area contributed by atoms with Crippen molar-refractivity contribution in [1.82, 2.24) is 39.7 Å². The molecule has 6 rings (SSSR count). The Hall–Kier alpha value is -4.91. The average Bonchev–Trinajstić information content (AvgIpc) is 3.53. The van der Waals surface area contributed by atoms with Crippen LogP contribution in [0.15, 0.2) is 73.4 Å². The third-order valence-corrected chi connectivity index (χ3v) is 5.86. The van der Waals surface area contributed by atoms with Gasteiger partial charge in [0, 0.05) is 17.8 Å². The Bertz CT molecular complexity index is 1810. The van der Waals surface area contributed by atoms with Crippen LogP contribution in [0, 0.1) is 0 Å². The molecule has 6 aromatic rings. The van der Waals surface area contributed by atoms with Gasteiger partial charge in [-0.15, -0.1) is 15.0 Å². The first-order valence-corrected chi connectivity index (χ1v) is 11.3. The first-order valence-electron chi connectivity index (χ1n) is 10.9. The highest BCUT2D eigenvalue weighted by atomic mass is 35.5. The highest BCUT2D eigenvalue weighted by Crippen LogP contribution is 2.35. The molecule has 1 N–H and O–H groups in total. The number of halogens is 4. The molecule has 188 valence electrons. The van der Waals surface area contributed by atoms with Gasteiger partial charge in [-0.1, -0.05) is 17.7 Å². The van der Waals surface area contributed by atoms with E-state index in [9.17, 15) is 18.0 Å². The fourth-order valence-electron chi connectivity index (χ4n) is 3.95. The van der Waals surface area contributed by atoms with Gasteiger partial charge in [-0.25, -0.2) is 9.67 Å². The maximum Gasteiger partial charge on any atom is 0.434 e. The van der Waals surface area contributed by atoms with E-state index in [1.54, 1.807) is 36.5 Å². The second-order valence-electron chi connectivity index (χ2n) is 8.00. The zero-order valence-corrected chi connectivity index (χ0v) is 19.7. The SMILES string of the molecule is O=C(Nc1cnc(-n2nc3ccncc3n2)c(Cl)c1)c1cnn(-c2cccc3ncccc23)c1C(F)(F)F. The van der Waals surface area contributed by atoms with E-state index in [0.717, 1.165) is 6.20 Å². The van der Waals surface area contributed by atoms with E-state index in [1.807, 2.05) is 0 Å². The van der Waals surface area contributed by atoms with Crippen LogP contribution in [0.4, 0.5) is 18.9 Å². The fourth-order valence-corrected chi connectivity index (χ4v) is 4.19. The van der Waals surface area contributed by atoms with E-state index < -0.39 is 23.3 Å². The van der Waals surface area contributed by atoms with Gasteiger partial charge in [0.05, 0.1) is 46.1 Å². The molecule has 5 aromatic heterocycles. The third kappa shape index (κ3) is 4.08. The van der Waals surface area contributed by atoms with Gasteiger partial charge >= 0.3 is 6.18 Å². The molecule has 38 heavy (non-hydrogen) atoms. The van der Waals surface area contributed by atoms with Crippen LogP contribution >= 0.6 is 11.6 Å². The second-order valence-corrected chi connectivity index (χ2v) is 8.41. The summed E-state index contributed by atoms with van der Waals surface area (Å²) >= 11 is 6.33. The van der Waals surface area contributed by atoms with Crippen LogP contribution in [0.25, 0.3) is 33.4 Å². The lowest BCUT2D eigenvalue weighted by atomic mass is 10.1. The number of nitrogens with one attached hydrogen (secondary N) is 1. The smallest absolute Gasteiger partial charge is 0.320 e. The van der Waals surface area contributed by atoms with E-state index in [4.69, 9.17) is 11.6 Å². The summed E-state index contributed by atoms with van der Waals surface area (Å²) in [5.41, 5.74) is -0.150. The van der Waals surface area contributed by atoms with Crippen molar-refractivity contribution in [3.63, 3.8) is 0 Å². The van der Waals surface area contributed by atoms with Crippen molar-refractivity contribution in [3.05, 3.63) is 89.7 Å². The van der Waals surface area contributed by atoms with Crippen molar-refractivity contribution in [1.29, 1.82) is 0 Å². The van der Waals surface area contributed by atoms with E-state index in [2.05, 4.69) is 35.6 Å². The molecular formula is C24H13ClF3N9O. The summed E-state index contributed by atoms with van der Waals surface area (Å²) in [6.45, 7) is 0. The quantitative estimate of drug-likeness (QED) is 0.342. The second kappa shape index (κ2) is 8.88. The van der Waals surface area contributed by atoms with Gasteiger partial charge in [0.2, 0.25) is 0 Å². The van der Waals surface area contributed by atoms with Crippen molar-refractivity contribution in [2.24, 2.45) is 0 Å². The molecule has 0 aliphatic heterocycles. The standard InChI is InChI=1S/C24H13ClF3N9O/c25-16-9-13(10-31-22(16)37-34-18-6-8-29-12-19(18)35-37)33-23(38)15-11-32-36(21(15)24(26,27)28)20-5-1-4-17-14(20)3-2-7-30-17/h1-12H,(H,33,38). The molecule has 0 radical (unpaired) electrons. The molecule has 0 unspecified atom stereocenters. The van der Waals surface area contributed by atoms with E-state index in [1.165, 1.54) is 35.5 Å². The van der Waals surface area contributed by atoms with Crippen LogP contribution < -0.4 is 5.32 Å². The maximum atomic E-state index is 14.2. The number of fused-ring (bicyclic) bond motifs is 2. The Morgan fingerprint density at radius 2 is 1.76 bits per heavy atom. The number of anilines is 1. The number of benzene rings is 1. The van der Waals surface area contributed by atoms with Gasteiger partial charge in [-0.2, -0.15) is 18.3 Å². The largest absolute Gasteiger partial charge is 0.434 e. The molecule has 14 heteroatoms. The zero-order chi connectivity index (χ0) is 26.4. The number of alkyl halides is 3. The molecule has 0 spiro atoms. The minimum absolute atomic E-state index is 0.0612. The zero-order valence-electron chi connectivity index (χ0n) is 18.9. The Labute approximate surface area is 215 Å². The molecule has 5 heterocycles. The summed E-state index contributed by atoms with van der Waals surface area (Å²) in [5, 5.41) is 15.3. The summed E-state index contributed by atoms with van der Waals surface area (Å²) < 4.78 is 43.3. The van der Waals surface area contributed by atoms with Crippen LogP contribution in [0.1, 0.15) is 16.1 Å². The maximum absolute atomic E-state index is 14.2. The van der Waals surface area contributed by atoms with Crippen molar-refractivity contribution in [2.45, 2.75) is 6.18 Å². The number of hydrogen-bond donors (Lipinski definition) is 1. The lowest BCUT2D eigenvalue weighted by Gasteiger charge is -2.14. The van der Waals surface area contributed by atoms with Gasteiger partial charge in [0.25, 0.3) is 5.91 Å². The molecule has 0 fully saturated rings. The number of pyridine rings is 3. The minimum Gasteiger partial charge on any atom is -0.320 e. The van der Waals surface area contributed by atoms with Crippen molar-refractivity contribution >= 4 is 45.1 Å². The highest BCUT2D eigenvalue weighted by molar-refractivity contribution is 6.32. The summed E-state index contributed by atoms with van der Waals surface area (Å²) in [6, 6.07) is 10.9. The average molecular weight is 536 g/mol. The summed E-state index contributed by atoms with van der Waals surface area (Å²) in [4.78, 5) is 26.5. The molecule has 0 saturated carbocycles. The highest BCUT2D eigenvalue weighted by Gasteiger charge is 2.41. The van der Waals surface area contributed by atoms with Crippen molar-refractivity contribution in [2.75, 3.05) is 5.32 Å². The summed E-state index contributed by atoms with van der Waals surface area (Å²) in [5.74, 6) is -0.879. The van der Waals surface area contributed by atoms with Crippen LogP contribution in [-0.4, -0.2) is 45.6 Å². The summed E-state index contributed by atoms with van der Waals surface area (Å²) in [7, 11) is 0. The number of hydrogen-bond acceptors (Lipinski definition) is 7. The van der Waals surface area contributed by atoms with Crippen molar-refractivity contribution in [3.8, 4) is 11.5 Å². The molecule has 0 saturated heterocycles. The molecule has 0 aliphatic carbocycles. The molecular weight excluding hydrogens is 523 g/mol. The molecule has 1 aromatic carbocycles. The predicted octanol–water partition coefficient (Wildman–Crippen LogP) is 4.87. The topological polar surface area (TPSA) is 116 Å². The minimum atomic E-state index is -4.89. The monoisotopic (exact) mass is 535 g/mol. The number of aromatic nitrogens is 8. The third-order valence-electron chi connectivity index (χ3n) is 5.58. The molecule has 0 atom stereocenters. The number of carbonyl (C=O) groups excluding carboxylic acids is 1. The van der Waals surface area contributed by atoms with E-state index in [0.29, 0.717) is 26.6 Å². The van der Waals surface area contributed by atoms with Crippen LogP contribution in [0.3, 0.4) is 0 Å². The van der Waals surface area contributed by atoms with Gasteiger partial charge in [-0.05, 0) is 36.4 Å². The number of rotatable bonds is 4. The Morgan fingerprint density at radius 3 is 2.55 bits per heavy atom. The predicted molar refractivity (Wildman–Crippen MR) is 131 cm³/mol. The van der Waals surface area contributed by atoms with Crippen molar-refractivity contribution < 1.29 is 18.0 Å². The van der Waals surface area contributed by atoms with E-state index >= 15 is 0 Å². The molecule has 1 amide bonds. The Balaban J connectivity index is 1.34. The number of nitrogens with zero attached hydrogens (tertiary/aromatic N) is 8. The van der Waals surface area contributed by atoms with Crippen LogP contribution in [-0.2, 0) is 6.18 Å². The number of carbonyl (C=O) groups is 1. The lowest BCUT2D eigenvalue weighted by Crippen LogP contribution is -2.21. The molecule has 0 bridgehead atoms.